The normalized spacial score (nSPS) is 9.83. The van der Waals surface area contributed by atoms with Crippen molar-refractivity contribution >= 4 is 23.2 Å². The molecule has 0 aliphatic rings. The van der Waals surface area contributed by atoms with Gasteiger partial charge in [-0.05, 0) is 18.2 Å². The van der Waals surface area contributed by atoms with Crippen molar-refractivity contribution in [1.82, 2.24) is 4.98 Å². The zero-order valence-electron chi connectivity index (χ0n) is 9.64. The maximum atomic E-state index is 11.7. The highest BCUT2D eigenvalue weighted by Crippen LogP contribution is 2.15. The molecule has 0 aliphatic heterocycles. The Hall–Kier alpha value is -2.63. The topological polar surface area (TPSA) is 84.2 Å². The van der Waals surface area contributed by atoms with E-state index in [9.17, 15) is 9.59 Å². The molecule has 92 valence electrons. The van der Waals surface area contributed by atoms with E-state index in [1.165, 1.54) is 19.5 Å². The van der Waals surface area contributed by atoms with E-state index in [4.69, 9.17) is 4.42 Å². The molecule has 1 aromatic heterocycles. The summed E-state index contributed by atoms with van der Waals surface area (Å²) in [5.41, 5.74) is 1.17. The van der Waals surface area contributed by atoms with Crippen molar-refractivity contribution in [2.45, 2.75) is 6.92 Å². The first-order valence-electron chi connectivity index (χ1n) is 5.22. The van der Waals surface area contributed by atoms with Crippen LogP contribution in [0.25, 0.3) is 0 Å². The van der Waals surface area contributed by atoms with Crippen molar-refractivity contribution in [2.75, 3.05) is 10.6 Å². The van der Waals surface area contributed by atoms with Crippen LogP contribution in [-0.4, -0.2) is 16.8 Å². The Kier molecular flexibility index (Phi) is 3.38. The predicted molar refractivity (Wildman–Crippen MR) is 65.2 cm³/mol. The molecule has 2 rings (SSSR count). The Morgan fingerprint density at radius 1 is 1.22 bits per heavy atom. The van der Waals surface area contributed by atoms with Crippen molar-refractivity contribution in [3.8, 4) is 0 Å². The number of carbonyl (C=O) groups is 2. The van der Waals surface area contributed by atoms with E-state index in [0.717, 1.165) is 0 Å². The molecule has 1 aromatic carbocycles. The summed E-state index contributed by atoms with van der Waals surface area (Å²) >= 11 is 0. The van der Waals surface area contributed by atoms with Gasteiger partial charge in [-0.1, -0.05) is 6.07 Å². The number of amides is 2. The van der Waals surface area contributed by atoms with Gasteiger partial charge in [0.15, 0.2) is 6.39 Å². The van der Waals surface area contributed by atoms with Gasteiger partial charge in [0.1, 0.15) is 0 Å². The van der Waals surface area contributed by atoms with Gasteiger partial charge in [-0.25, -0.2) is 4.98 Å². The molecule has 18 heavy (non-hydrogen) atoms. The van der Waals surface area contributed by atoms with E-state index >= 15 is 0 Å². The third-order valence-corrected chi connectivity index (χ3v) is 2.10. The predicted octanol–water partition coefficient (Wildman–Crippen LogP) is 1.89. The number of hydrogen-bond acceptors (Lipinski definition) is 4. The molecule has 2 aromatic rings. The van der Waals surface area contributed by atoms with Crippen LogP contribution in [0.2, 0.25) is 0 Å². The number of carbonyl (C=O) groups excluding carboxylic acids is 2. The first kappa shape index (κ1) is 11.8. The number of hydrogen-bond donors (Lipinski definition) is 2. The quantitative estimate of drug-likeness (QED) is 0.864. The zero-order valence-corrected chi connectivity index (χ0v) is 9.64. The molecule has 2 amide bonds. The summed E-state index contributed by atoms with van der Waals surface area (Å²) in [6.07, 6.45) is 2.51. The molecular weight excluding hydrogens is 234 g/mol. The lowest BCUT2D eigenvalue weighted by Gasteiger charge is -2.06. The fourth-order valence-electron chi connectivity index (χ4n) is 1.40. The van der Waals surface area contributed by atoms with Crippen LogP contribution >= 0.6 is 0 Å². The molecule has 0 atom stereocenters. The van der Waals surface area contributed by atoms with Gasteiger partial charge in [0, 0.05) is 18.3 Å². The molecule has 0 radical (unpaired) electrons. The lowest BCUT2D eigenvalue weighted by Crippen LogP contribution is -2.11. The van der Waals surface area contributed by atoms with Crippen molar-refractivity contribution in [2.24, 2.45) is 0 Å². The third kappa shape index (κ3) is 2.94. The van der Waals surface area contributed by atoms with Gasteiger partial charge in [0.05, 0.1) is 6.20 Å². The number of anilines is 2. The van der Waals surface area contributed by atoms with E-state index in [2.05, 4.69) is 15.6 Å². The lowest BCUT2D eigenvalue weighted by atomic mass is 10.2. The van der Waals surface area contributed by atoms with Crippen LogP contribution < -0.4 is 10.6 Å². The van der Waals surface area contributed by atoms with Gasteiger partial charge < -0.3 is 15.1 Å². The molecule has 0 saturated carbocycles. The molecule has 0 bridgehead atoms. The molecule has 0 spiro atoms. The first-order valence-corrected chi connectivity index (χ1v) is 5.22. The Bertz CT molecular complexity index is 564. The fourth-order valence-corrected chi connectivity index (χ4v) is 1.40. The number of aromatic nitrogens is 1. The van der Waals surface area contributed by atoms with Gasteiger partial charge >= 0.3 is 0 Å². The van der Waals surface area contributed by atoms with Crippen LogP contribution in [0.5, 0.6) is 0 Å². The Labute approximate surface area is 103 Å². The van der Waals surface area contributed by atoms with E-state index in [0.29, 0.717) is 11.4 Å². The van der Waals surface area contributed by atoms with E-state index in [-0.39, 0.29) is 11.7 Å². The van der Waals surface area contributed by atoms with Gasteiger partial charge in [-0.15, -0.1) is 0 Å². The second-order valence-electron chi connectivity index (χ2n) is 3.58. The van der Waals surface area contributed by atoms with Crippen LogP contribution in [0.15, 0.2) is 41.3 Å². The number of nitrogens with one attached hydrogen (secondary N) is 2. The minimum absolute atomic E-state index is 0.125. The molecule has 6 nitrogen and oxygen atoms in total. The third-order valence-electron chi connectivity index (χ3n) is 2.10. The van der Waals surface area contributed by atoms with Gasteiger partial charge in [-0.3, -0.25) is 9.59 Å². The second kappa shape index (κ2) is 5.13. The SMILES string of the molecule is CC(=O)Nc1cccc(NC(=O)c2cnco2)c1. The fraction of sp³-hybridized carbons (Fsp3) is 0.0833. The molecule has 0 unspecified atom stereocenters. The minimum atomic E-state index is -0.396. The Morgan fingerprint density at radius 2 is 1.94 bits per heavy atom. The summed E-state index contributed by atoms with van der Waals surface area (Å²) in [6.45, 7) is 1.42. The van der Waals surface area contributed by atoms with E-state index < -0.39 is 5.91 Å². The Balaban J connectivity index is 2.10. The molecule has 0 aliphatic carbocycles. The highest BCUT2D eigenvalue weighted by atomic mass is 16.3. The molecule has 2 N–H and O–H groups in total. The molecule has 6 heteroatoms. The number of rotatable bonds is 3. The van der Waals surface area contributed by atoms with Gasteiger partial charge in [0.2, 0.25) is 11.7 Å². The highest BCUT2D eigenvalue weighted by Gasteiger charge is 2.09. The highest BCUT2D eigenvalue weighted by molar-refractivity contribution is 6.02. The molecule has 0 saturated heterocycles. The largest absolute Gasteiger partial charge is 0.438 e. The second-order valence-corrected chi connectivity index (χ2v) is 3.58. The summed E-state index contributed by atoms with van der Waals surface area (Å²) in [5.74, 6) is -0.443. The van der Waals surface area contributed by atoms with Crippen molar-refractivity contribution in [1.29, 1.82) is 0 Å². The average Bonchev–Trinajstić information content (AvgIpc) is 2.81. The number of benzene rings is 1. The van der Waals surface area contributed by atoms with Crippen LogP contribution in [0.3, 0.4) is 0 Å². The maximum absolute atomic E-state index is 11.7. The molecule has 1 heterocycles. The maximum Gasteiger partial charge on any atom is 0.293 e. The Morgan fingerprint density at radius 3 is 2.56 bits per heavy atom. The lowest BCUT2D eigenvalue weighted by molar-refractivity contribution is -0.114. The monoisotopic (exact) mass is 245 g/mol. The molecular formula is C12H11N3O3. The summed E-state index contributed by atoms with van der Waals surface area (Å²) in [5, 5.41) is 5.26. The van der Waals surface area contributed by atoms with Crippen LogP contribution in [0.1, 0.15) is 17.5 Å². The van der Waals surface area contributed by atoms with Crippen LogP contribution in [0, 0.1) is 0 Å². The molecule has 0 fully saturated rings. The number of oxazole rings is 1. The smallest absolute Gasteiger partial charge is 0.293 e. The van der Waals surface area contributed by atoms with Crippen molar-refractivity contribution < 1.29 is 14.0 Å². The van der Waals surface area contributed by atoms with E-state index in [1.54, 1.807) is 24.3 Å². The van der Waals surface area contributed by atoms with Gasteiger partial charge in [-0.2, -0.15) is 0 Å². The first-order chi connectivity index (χ1) is 8.65. The van der Waals surface area contributed by atoms with Crippen LogP contribution in [-0.2, 0) is 4.79 Å². The summed E-state index contributed by atoms with van der Waals surface area (Å²) < 4.78 is 4.87. The summed E-state index contributed by atoms with van der Waals surface area (Å²) in [6, 6.07) is 6.81. The van der Waals surface area contributed by atoms with Crippen molar-refractivity contribution in [3.63, 3.8) is 0 Å². The summed E-state index contributed by atoms with van der Waals surface area (Å²) in [4.78, 5) is 26.2. The zero-order chi connectivity index (χ0) is 13.0. The standard InChI is InChI=1S/C12H11N3O3/c1-8(16)14-9-3-2-4-10(5-9)15-12(17)11-6-13-7-18-11/h2-7H,1H3,(H,14,16)(H,15,17). The minimum Gasteiger partial charge on any atom is -0.438 e. The van der Waals surface area contributed by atoms with Crippen LogP contribution in [0.4, 0.5) is 11.4 Å². The van der Waals surface area contributed by atoms with Gasteiger partial charge in [0.25, 0.3) is 5.91 Å². The number of nitrogens with zero attached hydrogens (tertiary/aromatic N) is 1. The average molecular weight is 245 g/mol. The van der Waals surface area contributed by atoms with Crippen molar-refractivity contribution in [3.05, 3.63) is 42.6 Å². The van der Waals surface area contributed by atoms with E-state index in [1.807, 2.05) is 0 Å². The summed E-state index contributed by atoms with van der Waals surface area (Å²) in [7, 11) is 0.